The van der Waals surface area contributed by atoms with Gasteiger partial charge in [-0.15, -0.1) is 17.9 Å². The number of rotatable bonds is 12. The molecule has 2 aliphatic rings. The lowest BCUT2D eigenvalue weighted by Gasteiger charge is -2.31. The Bertz CT molecular complexity index is 1660. The van der Waals surface area contributed by atoms with Crippen molar-refractivity contribution in [3.05, 3.63) is 142 Å². The van der Waals surface area contributed by atoms with Gasteiger partial charge in [-0.2, -0.15) is 0 Å². The standard InChI is InChI=1S/2C27H38N2.H4P2/c2*1-18(2)22-11-9-12-23(19(3)4)26(22)28-15-16-29(17-28)27-24(20(5)6)13-10-14-25(27)21(7)8;1-2/h2*9-16,18-21H,17H2,1-8H3;1-2H2. The number of anilines is 4. The van der Waals surface area contributed by atoms with Crippen LogP contribution in [0, 0.1) is 0 Å². The van der Waals surface area contributed by atoms with Gasteiger partial charge >= 0.3 is 0 Å². The molecule has 0 radical (unpaired) electrons. The van der Waals surface area contributed by atoms with Gasteiger partial charge in [0.25, 0.3) is 0 Å². The highest BCUT2D eigenvalue weighted by atomic mass is 32.0. The van der Waals surface area contributed by atoms with Gasteiger partial charge in [-0.1, -0.05) is 184 Å². The zero-order chi connectivity index (χ0) is 44.6. The molecule has 60 heavy (non-hydrogen) atoms. The molecule has 0 bridgehead atoms. The second-order valence-electron chi connectivity index (χ2n) is 19.1. The monoisotopic (exact) mass is 847 g/mol. The van der Waals surface area contributed by atoms with E-state index in [-0.39, 0.29) is 0 Å². The Hall–Kier alpha value is -3.58. The molecule has 2 heterocycles. The van der Waals surface area contributed by atoms with Crippen LogP contribution in [-0.4, -0.2) is 13.3 Å². The minimum absolute atomic E-state index is 0.500. The maximum atomic E-state index is 2.45. The van der Waals surface area contributed by atoms with E-state index in [2.05, 4.69) is 246 Å². The van der Waals surface area contributed by atoms with E-state index >= 15 is 0 Å². The highest BCUT2D eigenvalue weighted by molar-refractivity contribution is 7.92. The first-order valence-electron chi connectivity index (χ1n) is 22.7. The van der Waals surface area contributed by atoms with Gasteiger partial charge in [-0.05, 0) is 91.9 Å². The minimum Gasteiger partial charge on any atom is -0.327 e. The second kappa shape index (κ2) is 22.0. The molecule has 0 spiro atoms. The molecule has 2 unspecified atom stereocenters. The number of benzene rings is 4. The van der Waals surface area contributed by atoms with Crippen molar-refractivity contribution in [3.8, 4) is 0 Å². The van der Waals surface area contributed by atoms with Crippen LogP contribution in [0.2, 0.25) is 0 Å². The molecule has 0 fully saturated rings. The van der Waals surface area contributed by atoms with E-state index in [0.29, 0.717) is 47.3 Å². The normalized spacial score (nSPS) is 14.0. The van der Waals surface area contributed by atoms with Gasteiger partial charge in [0.15, 0.2) is 0 Å². The van der Waals surface area contributed by atoms with Crippen LogP contribution in [0.5, 0.6) is 0 Å². The lowest BCUT2D eigenvalue weighted by atomic mass is 9.91. The summed E-state index contributed by atoms with van der Waals surface area (Å²) in [5, 5.41) is 0. The molecule has 0 saturated heterocycles. The quantitative estimate of drug-likeness (QED) is 0.132. The third-order valence-electron chi connectivity index (χ3n) is 12.0. The van der Waals surface area contributed by atoms with Gasteiger partial charge in [-0.3, -0.25) is 0 Å². The highest BCUT2D eigenvalue weighted by Gasteiger charge is 2.28. The van der Waals surface area contributed by atoms with Gasteiger partial charge in [-0.25, -0.2) is 0 Å². The Kier molecular flexibility index (Phi) is 18.0. The first-order valence-corrected chi connectivity index (χ1v) is 25.4. The maximum absolute atomic E-state index is 2.45. The van der Waals surface area contributed by atoms with Crippen LogP contribution in [0.25, 0.3) is 0 Å². The predicted molar refractivity (Wildman–Crippen MR) is 276 cm³/mol. The molecule has 4 aromatic rings. The summed E-state index contributed by atoms with van der Waals surface area (Å²) in [5.74, 6) is 4.00. The largest absolute Gasteiger partial charge is 0.327 e. The van der Waals surface area contributed by atoms with Crippen molar-refractivity contribution >= 4 is 40.6 Å². The smallest absolute Gasteiger partial charge is 0.0989 e. The summed E-state index contributed by atoms with van der Waals surface area (Å²) < 4.78 is 0. The van der Waals surface area contributed by atoms with E-state index in [9.17, 15) is 0 Å². The van der Waals surface area contributed by atoms with Crippen LogP contribution < -0.4 is 19.6 Å². The molecule has 4 aromatic carbocycles. The van der Waals surface area contributed by atoms with E-state index in [1.807, 2.05) is 0 Å². The SMILES string of the molecule is CC(C)c1cccc(C(C)C)c1N1C=CN(c2c(C(C)C)cccc2C(C)C)C1.CC(C)c1cccc(C(C)C)c1N1C=CN(c2c(C(C)C)cccc2C(C)C)C1.PP. The first-order chi connectivity index (χ1) is 28.4. The number of nitrogens with zero attached hydrogens (tertiary/aromatic N) is 4. The average molecular weight is 847 g/mol. The summed E-state index contributed by atoms with van der Waals surface area (Å²) in [6.45, 7) is 38.5. The summed E-state index contributed by atoms with van der Waals surface area (Å²) >= 11 is 0. The van der Waals surface area contributed by atoms with Crippen molar-refractivity contribution in [3.63, 3.8) is 0 Å². The Morgan fingerprint density at radius 1 is 0.283 bits per heavy atom. The average Bonchev–Trinajstić information content (AvgIpc) is 3.91. The van der Waals surface area contributed by atoms with Crippen molar-refractivity contribution < 1.29 is 0 Å². The van der Waals surface area contributed by atoms with E-state index in [1.54, 1.807) is 0 Å². The van der Waals surface area contributed by atoms with E-state index < -0.39 is 0 Å². The van der Waals surface area contributed by atoms with Crippen molar-refractivity contribution in [1.82, 2.24) is 0 Å². The summed E-state index contributed by atoms with van der Waals surface area (Å²) in [6, 6.07) is 27.2. The Morgan fingerprint density at radius 2 is 0.417 bits per heavy atom. The molecule has 2 aliphatic heterocycles. The number of hydrogen-bond acceptors (Lipinski definition) is 4. The summed E-state index contributed by atoms with van der Waals surface area (Å²) in [6.07, 6.45) is 9.09. The lowest BCUT2D eigenvalue weighted by Crippen LogP contribution is -2.28. The molecule has 0 N–H and O–H groups in total. The Balaban J connectivity index is 0.000000254. The Labute approximate surface area is 372 Å². The van der Waals surface area contributed by atoms with Gasteiger partial charge in [0, 0.05) is 47.5 Å². The zero-order valence-electron chi connectivity index (χ0n) is 40.2. The van der Waals surface area contributed by atoms with Crippen molar-refractivity contribution in [2.75, 3.05) is 32.9 Å². The fourth-order valence-electron chi connectivity index (χ4n) is 8.79. The van der Waals surface area contributed by atoms with Crippen molar-refractivity contribution in [2.24, 2.45) is 0 Å². The van der Waals surface area contributed by atoms with E-state index in [0.717, 1.165) is 13.3 Å². The molecule has 326 valence electrons. The highest BCUT2D eigenvalue weighted by Crippen LogP contribution is 2.43. The predicted octanol–water partition coefficient (Wildman–Crippen LogP) is 16.5. The molecule has 0 aliphatic carbocycles. The van der Waals surface area contributed by atoms with Crippen molar-refractivity contribution in [1.29, 1.82) is 0 Å². The maximum Gasteiger partial charge on any atom is 0.0989 e. The molecule has 2 atom stereocenters. The molecular formula is C54H80N4P2. The minimum atomic E-state index is 0.500. The Morgan fingerprint density at radius 3 is 0.533 bits per heavy atom. The molecular weight excluding hydrogens is 767 g/mol. The van der Waals surface area contributed by atoms with Crippen molar-refractivity contribution in [2.45, 2.75) is 158 Å². The van der Waals surface area contributed by atoms with Crippen LogP contribution in [0.15, 0.2) is 97.6 Å². The first kappa shape index (κ1) is 49.1. The van der Waals surface area contributed by atoms with Crippen LogP contribution in [-0.2, 0) is 0 Å². The van der Waals surface area contributed by atoms with Crippen LogP contribution >= 0.6 is 17.9 Å². The van der Waals surface area contributed by atoms with Gasteiger partial charge in [0.1, 0.15) is 0 Å². The lowest BCUT2D eigenvalue weighted by molar-refractivity contribution is 0.803. The zero-order valence-corrected chi connectivity index (χ0v) is 42.5. The topological polar surface area (TPSA) is 13.0 Å². The molecule has 0 saturated carbocycles. The van der Waals surface area contributed by atoms with Crippen LogP contribution in [0.1, 0.15) is 203 Å². The third-order valence-corrected chi connectivity index (χ3v) is 12.0. The summed E-state index contributed by atoms with van der Waals surface area (Å²) in [5.41, 5.74) is 17.0. The summed E-state index contributed by atoms with van der Waals surface area (Å²) in [4.78, 5) is 9.80. The number of para-hydroxylation sites is 4. The van der Waals surface area contributed by atoms with Crippen LogP contribution in [0.4, 0.5) is 22.7 Å². The van der Waals surface area contributed by atoms with Gasteiger partial charge < -0.3 is 19.6 Å². The molecule has 4 nitrogen and oxygen atoms in total. The van der Waals surface area contributed by atoms with E-state index in [1.165, 1.54) is 67.3 Å². The molecule has 0 amide bonds. The molecule has 6 rings (SSSR count). The fraction of sp³-hybridized carbons (Fsp3) is 0.481. The molecule has 6 heteroatoms. The second-order valence-corrected chi connectivity index (χ2v) is 19.1. The third kappa shape index (κ3) is 11.1. The summed E-state index contributed by atoms with van der Waals surface area (Å²) in [7, 11) is 4.67. The van der Waals surface area contributed by atoms with Crippen LogP contribution in [0.3, 0.4) is 0 Å². The van der Waals surface area contributed by atoms with Gasteiger partial charge in [0.2, 0.25) is 0 Å². The fourth-order valence-corrected chi connectivity index (χ4v) is 8.79. The van der Waals surface area contributed by atoms with Gasteiger partial charge in [0.05, 0.1) is 13.3 Å². The molecule has 0 aromatic heterocycles. The number of hydrogen-bond donors (Lipinski definition) is 0. The van der Waals surface area contributed by atoms with E-state index in [4.69, 9.17) is 0 Å².